The van der Waals surface area contributed by atoms with Gasteiger partial charge < -0.3 is 18.9 Å². The van der Waals surface area contributed by atoms with E-state index in [4.69, 9.17) is 0 Å². The first-order chi connectivity index (χ1) is 28.3. The van der Waals surface area contributed by atoms with Gasteiger partial charge in [0.1, 0.15) is 34.3 Å². The minimum Gasteiger partial charge on any atom is -0.744 e. The van der Waals surface area contributed by atoms with Crippen LogP contribution in [0.2, 0.25) is 0 Å². The molecule has 2 aromatic heterocycles. The van der Waals surface area contributed by atoms with Crippen LogP contribution in [0.15, 0.2) is 143 Å². The summed E-state index contributed by atoms with van der Waals surface area (Å²) < 4.78 is 66.9. The van der Waals surface area contributed by atoms with Crippen molar-refractivity contribution < 1.29 is 35.1 Å². The van der Waals surface area contributed by atoms with Crippen LogP contribution in [0, 0.1) is 13.8 Å². The quantitative estimate of drug-likeness (QED) is 0.0858. The Hall–Kier alpha value is -6.18. The largest absolute Gasteiger partial charge is 0.744 e. The Morgan fingerprint density at radius 1 is 0.433 bits per heavy atom. The summed E-state index contributed by atoms with van der Waals surface area (Å²) in [5, 5.41) is 2.51. The smallest absolute Gasteiger partial charge is 0.213 e. The summed E-state index contributed by atoms with van der Waals surface area (Å²) in [7, 11) is 3.99. The Balaban J connectivity index is 0.000000252. The Morgan fingerprint density at radius 2 is 0.750 bits per heavy atom. The molecule has 60 heavy (non-hydrogen) atoms. The van der Waals surface area contributed by atoms with Gasteiger partial charge in [-0.25, -0.2) is 16.8 Å². The molecule has 0 saturated heterocycles. The standard InChI is InChI=1S/C34H36N4.2C7H8O3S/c1-35(2)27-13-7-25(8-14-27)11-17-29-19-21-31-32-22-20-30(38(6)34(32)24-23-33(31)37(29)5)18-12-26-9-15-28(16-10-26)36(3)4;2*1-6-2-4-7(5-3-6)11(8,9)10/h7-24H,1-6H3;2*2-5H,1H3,(H,8,9,10)/q+2;;/p-2. The number of nitrogens with zero attached hydrogens (tertiary/aromatic N) is 4. The fourth-order valence-electron chi connectivity index (χ4n) is 6.26. The summed E-state index contributed by atoms with van der Waals surface area (Å²) >= 11 is 0. The first kappa shape index (κ1) is 44.9. The predicted octanol–water partition coefficient (Wildman–Crippen LogP) is 7.91. The maximum absolute atomic E-state index is 10.4. The molecule has 0 radical (unpaired) electrons. The summed E-state index contributed by atoms with van der Waals surface area (Å²) in [4.78, 5) is 3.88. The van der Waals surface area contributed by atoms with Crippen molar-refractivity contribution in [1.82, 2.24) is 0 Å². The van der Waals surface area contributed by atoms with Crippen molar-refractivity contribution in [3.63, 3.8) is 0 Å². The van der Waals surface area contributed by atoms with E-state index < -0.39 is 20.2 Å². The van der Waals surface area contributed by atoms with Crippen molar-refractivity contribution in [3.8, 4) is 0 Å². The normalized spacial score (nSPS) is 11.6. The Morgan fingerprint density at radius 3 is 1.03 bits per heavy atom. The SMILES string of the molecule is CN(C)c1ccc(/C=C/c2ccc3c4ccc(/C=C/c5ccc(N(C)C)cc5)[n+](C)c4ccc3[n+]2C)cc1.Cc1ccc(S(=O)(=O)[O-])cc1.Cc1ccc(S(=O)(=O)[O-])cc1. The molecule has 10 nitrogen and oxygen atoms in total. The van der Waals surface area contributed by atoms with Crippen molar-refractivity contribution in [2.45, 2.75) is 23.6 Å². The lowest BCUT2D eigenvalue weighted by atomic mass is 10.1. The average molecular weight is 843 g/mol. The number of hydrogen-bond donors (Lipinski definition) is 0. The van der Waals surface area contributed by atoms with Gasteiger partial charge >= 0.3 is 0 Å². The number of aryl methyl sites for hydroxylation is 4. The summed E-state index contributed by atoms with van der Waals surface area (Å²) in [5.41, 5.74) is 11.4. The van der Waals surface area contributed by atoms with E-state index in [-0.39, 0.29) is 9.79 Å². The molecule has 5 aromatic carbocycles. The molecule has 7 aromatic rings. The van der Waals surface area contributed by atoms with Gasteiger partial charge in [0.2, 0.25) is 22.4 Å². The van der Waals surface area contributed by atoms with Crippen LogP contribution in [0.5, 0.6) is 0 Å². The summed E-state index contributed by atoms with van der Waals surface area (Å²) in [5.74, 6) is 0. The highest BCUT2D eigenvalue weighted by molar-refractivity contribution is 7.86. The maximum atomic E-state index is 10.4. The molecule has 0 saturated carbocycles. The molecule has 0 amide bonds. The van der Waals surface area contributed by atoms with Crippen molar-refractivity contribution >= 4 is 77.7 Å². The minimum absolute atomic E-state index is 0.178. The number of benzene rings is 5. The van der Waals surface area contributed by atoms with E-state index in [9.17, 15) is 25.9 Å². The third-order valence-electron chi connectivity index (χ3n) is 9.91. The Kier molecular flexibility index (Phi) is 14.4. The van der Waals surface area contributed by atoms with Crippen LogP contribution >= 0.6 is 0 Å². The highest BCUT2D eigenvalue weighted by Gasteiger charge is 2.17. The van der Waals surface area contributed by atoms with Crippen molar-refractivity contribution in [2.75, 3.05) is 38.0 Å². The minimum atomic E-state index is -4.27. The van der Waals surface area contributed by atoms with E-state index in [1.807, 2.05) is 13.8 Å². The highest BCUT2D eigenvalue weighted by atomic mass is 32.2. The first-order valence-electron chi connectivity index (χ1n) is 19.0. The van der Waals surface area contributed by atoms with Crippen LogP contribution in [0.1, 0.15) is 33.6 Å². The molecule has 0 aliphatic heterocycles. The monoisotopic (exact) mass is 842 g/mol. The van der Waals surface area contributed by atoms with Crippen LogP contribution in [0.4, 0.5) is 11.4 Å². The maximum Gasteiger partial charge on any atom is 0.213 e. The van der Waals surface area contributed by atoms with Gasteiger partial charge in [0.25, 0.3) is 0 Å². The predicted molar refractivity (Wildman–Crippen MR) is 241 cm³/mol. The second-order valence-corrected chi connectivity index (χ2v) is 17.5. The van der Waals surface area contributed by atoms with E-state index in [0.717, 1.165) is 22.5 Å². The summed E-state index contributed by atoms with van der Waals surface area (Å²) in [6.07, 6.45) is 8.73. The van der Waals surface area contributed by atoms with Gasteiger partial charge in [-0.1, -0.05) is 59.7 Å². The zero-order valence-electron chi connectivity index (χ0n) is 35.1. The van der Waals surface area contributed by atoms with Gasteiger partial charge in [-0.2, -0.15) is 9.13 Å². The topological polar surface area (TPSA) is 129 Å². The zero-order valence-corrected chi connectivity index (χ0v) is 36.7. The third-order valence-corrected chi connectivity index (χ3v) is 11.6. The number of fused-ring (bicyclic) bond motifs is 3. The van der Waals surface area contributed by atoms with Crippen LogP contribution in [-0.4, -0.2) is 54.1 Å². The van der Waals surface area contributed by atoms with Crippen LogP contribution in [0.25, 0.3) is 46.1 Å². The van der Waals surface area contributed by atoms with E-state index >= 15 is 0 Å². The van der Waals surface area contributed by atoms with Crippen LogP contribution in [-0.2, 0) is 34.3 Å². The molecule has 0 aliphatic rings. The molecule has 0 fully saturated rings. The molecule has 2 heterocycles. The van der Waals surface area contributed by atoms with Gasteiger partial charge in [-0.3, -0.25) is 0 Å². The molecular weight excluding hydrogens is 793 g/mol. The fraction of sp³-hybridized carbons (Fsp3) is 0.167. The van der Waals surface area contributed by atoms with E-state index in [1.165, 1.54) is 68.6 Å². The van der Waals surface area contributed by atoms with Crippen LogP contribution < -0.4 is 18.9 Å². The van der Waals surface area contributed by atoms with Gasteiger partial charge in [0.05, 0.1) is 20.6 Å². The van der Waals surface area contributed by atoms with Crippen molar-refractivity contribution in [3.05, 3.63) is 167 Å². The summed E-state index contributed by atoms with van der Waals surface area (Å²) in [6, 6.07) is 42.2. The number of pyridine rings is 2. The van der Waals surface area contributed by atoms with Gasteiger partial charge in [0, 0.05) is 76.0 Å². The van der Waals surface area contributed by atoms with Gasteiger partial charge in [0.15, 0.2) is 0 Å². The molecular formula is C48H50N4O6S2. The van der Waals surface area contributed by atoms with E-state index in [0.29, 0.717) is 0 Å². The first-order valence-corrected chi connectivity index (χ1v) is 21.8. The second kappa shape index (κ2) is 19.3. The van der Waals surface area contributed by atoms with Gasteiger partial charge in [-0.05, 0) is 97.8 Å². The van der Waals surface area contributed by atoms with Crippen molar-refractivity contribution in [1.29, 1.82) is 0 Å². The van der Waals surface area contributed by atoms with Crippen LogP contribution in [0.3, 0.4) is 0 Å². The summed E-state index contributed by atoms with van der Waals surface area (Å²) in [6.45, 7) is 3.64. The molecule has 0 unspecified atom stereocenters. The number of aromatic nitrogens is 2. The molecule has 7 rings (SSSR count). The van der Waals surface area contributed by atoms with E-state index in [2.05, 4.69) is 170 Å². The van der Waals surface area contributed by atoms with E-state index in [1.54, 1.807) is 24.3 Å². The number of anilines is 2. The highest BCUT2D eigenvalue weighted by Crippen LogP contribution is 2.24. The molecule has 12 heteroatoms. The molecule has 0 aliphatic carbocycles. The lowest BCUT2D eigenvalue weighted by Crippen LogP contribution is -2.34. The molecule has 0 atom stereocenters. The number of hydrogen-bond acceptors (Lipinski definition) is 8. The number of rotatable bonds is 8. The Bertz CT molecular complexity index is 2670. The lowest BCUT2D eigenvalue weighted by Gasteiger charge is -2.11. The Labute approximate surface area is 354 Å². The third kappa shape index (κ3) is 11.7. The lowest BCUT2D eigenvalue weighted by molar-refractivity contribution is -0.648. The molecule has 0 N–H and O–H groups in total. The average Bonchev–Trinajstić information content (AvgIpc) is 3.20. The van der Waals surface area contributed by atoms with Gasteiger partial charge in [-0.15, -0.1) is 0 Å². The molecule has 310 valence electrons. The molecule has 0 bridgehead atoms. The fourth-order valence-corrected chi connectivity index (χ4v) is 7.20. The second-order valence-electron chi connectivity index (χ2n) is 14.7. The zero-order chi connectivity index (χ0) is 43.8. The molecule has 0 spiro atoms. The van der Waals surface area contributed by atoms with Crippen molar-refractivity contribution in [2.24, 2.45) is 14.1 Å².